The van der Waals surface area contributed by atoms with Gasteiger partial charge in [-0.3, -0.25) is 4.79 Å². The van der Waals surface area contributed by atoms with Crippen LogP contribution in [0.25, 0.3) is 10.8 Å². The molecule has 0 aromatic heterocycles. The minimum atomic E-state index is -4.07. The first-order valence-corrected chi connectivity index (χ1v) is 11.7. The van der Waals surface area contributed by atoms with Gasteiger partial charge in [0.1, 0.15) is 4.90 Å². The van der Waals surface area contributed by atoms with Crippen LogP contribution < -0.4 is 9.61 Å². The topological polar surface area (TPSA) is 84.8 Å². The van der Waals surface area contributed by atoms with E-state index >= 15 is 0 Å². The van der Waals surface area contributed by atoms with Crippen molar-refractivity contribution in [1.82, 2.24) is 5.43 Å². The predicted octanol–water partition coefficient (Wildman–Crippen LogP) is 5.13. The van der Waals surface area contributed by atoms with E-state index in [1.165, 1.54) is 18.3 Å². The molecule has 0 unspecified atom stereocenters. The summed E-state index contributed by atoms with van der Waals surface area (Å²) in [6.07, 6.45) is 1.33. The summed E-state index contributed by atoms with van der Waals surface area (Å²) in [6.45, 7) is 0. The number of fused-ring (bicyclic) bond motifs is 1. The molecule has 0 aliphatic heterocycles. The van der Waals surface area contributed by atoms with Gasteiger partial charge in [0.2, 0.25) is 0 Å². The molecule has 0 radical (unpaired) electrons. The second kappa shape index (κ2) is 9.33. The molecule has 4 aromatic rings. The average molecular weight is 509 g/mol. The summed E-state index contributed by atoms with van der Waals surface area (Å²) in [5.74, 6) is -0.310. The van der Waals surface area contributed by atoms with Crippen molar-refractivity contribution in [2.75, 3.05) is 0 Å². The van der Waals surface area contributed by atoms with Crippen molar-refractivity contribution in [3.05, 3.63) is 107 Å². The molecule has 4 rings (SSSR count). The number of benzene rings is 4. The molecule has 0 spiro atoms. The van der Waals surface area contributed by atoms with E-state index in [1.807, 2.05) is 24.3 Å². The summed E-state index contributed by atoms with van der Waals surface area (Å²) in [5.41, 5.74) is 3.24. The van der Waals surface area contributed by atoms with E-state index in [-0.39, 0.29) is 10.6 Å². The maximum absolute atomic E-state index is 12.9. The molecular formula is C24H17BrN2O4S. The number of amides is 1. The SMILES string of the molecule is O=C(N/N=C\c1ccccc1OS(=O)(=O)c1ccc2ccccc2c1)c1ccccc1Br. The maximum atomic E-state index is 12.9. The zero-order chi connectivity index (χ0) is 22.6. The molecule has 1 amide bonds. The molecule has 0 aliphatic rings. The van der Waals surface area contributed by atoms with Gasteiger partial charge in [0.25, 0.3) is 5.91 Å². The second-order valence-electron chi connectivity index (χ2n) is 6.76. The van der Waals surface area contributed by atoms with E-state index in [9.17, 15) is 13.2 Å². The lowest BCUT2D eigenvalue weighted by molar-refractivity contribution is 0.0954. The summed E-state index contributed by atoms with van der Waals surface area (Å²) in [7, 11) is -4.07. The number of halogens is 1. The van der Waals surface area contributed by atoms with Crippen LogP contribution >= 0.6 is 15.9 Å². The number of hydrogen-bond donors (Lipinski definition) is 1. The highest BCUT2D eigenvalue weighted by Crippen LogP contribution is 2.24. The first-order chi connectivity index (χ1) is 15.4. The first kappa shape index (κ1) is 21.7. The minimum Gasteiger partial charge on any atom is -0.378 e. The molecule has 0 aliphatic carbocycles. The Morgan fingerprint density at radius 3 is 2.38 bits per heavy atom. The van der Waals surface area contributed by atoms with E-state index in [4.69, 9.17) is 4.18 Å². The van der Waals surface area contributed by atoms with E-state index in [0.29, 0.717) is 15.6 Å². The van der Waals surface area contributed by atoms with Crippen molar-refractivity contribution in [2.45, 2.75) is 4.90 Å². The lowest BCUT2D eigenvalue weighted by Crippen LogP contribution is -2.18. The van der Waals surface area contributed by atoms with Crippen molar-refractivity contribution in [3.63, 3.8) is 0 Å². The Labute approximate surface area is 193 Å². The van der Waals surface area contributed by atoms with Crippen molar-refractivity contribution < 1.29 is 17.4 Å². The molecule has 8 heteroatoms. The van der Waals surface area contributed by atoms with E-state index < -0.39 is 16.0 Å². The molecule has 1 N–H and O–H groups in total. The molecule has 0 saturated heterocycles. The standard InChI is InChI=1S/C24H17BrN2O4S/c25-22-11-5-4-10-21(22)24(28)27-26-16-19-9-3-6-12-23(19)31-32(29,30)20-14-13-17-7-1-2-8-18(17)15-20/h1-16H,(H,27,28)/b26-16-. The smallest absolute Gasteiger partial charge is 0.339 e. The van der Waals surface area contributed by atoms with E-state index in [1.54, 1.807) is 54.6 Å². The summed E-state index contributed by atoms with van der Waals surface area (Å²) in [6, 6.07) is 25.7. The summed E-state index contributed by atoms with van der Waals surface area (Å²) in [5, 5.41) is 5.67. The number of carbonyl (C=O) groups is 1. The van der Waals surface area contributed by atoms with Gasteiger partial charge < -0.3 is 4.18 Å². The van der Waals surface area contributed by atoms with Gasteiger partial charge in [-0.25, -0.2) is 5.43 Å². The fraction of sp³-hybridized carbons (Fsp3) is 0. The Kier molecular flexibility index (Phi) is 6.34. The largest absolute Gasteiger partial charge is 0.378 e. The van der Waals surface area contributed by atoms with Crippen LogP contribution in [0.2, 0.25) is 0 Å². The molecule has 0 saturated carbocycles. The van der Waals surface area contributed by atoms with Gasteiger partial charge in [0.15, 0.2) is 5.75 Å². The fourth-order valence-corrected chi connectivity index (χ4v) is 4.47. The third-order valence-electron chi connectivity index (χ3n) is 4.62. The van der Waals surface area contributed by atoms with Crippen molar-refractivity contribution in [1.29, 1.82) is 0 Å². The zero-order valence-corrected chi connectivity index (χ0v) is 19.0. The third kappa shape index (κ3) is 4.87. The fourth-order valence-electron chi connectivity index (χ4n) is 3.02. The number of hydrogen-bond acceptors (Lipinski definition) is 5. The van der Waals surface area contributed by atoms with Crippen molar-refractivity contribution in [3.8, 4) is 5.75 Å². The van der Waals surface area contributed by atoms with Crippen LogP contribution in [0, 0.1) is 0 Å². The van der Waals surface area contributed by atoms with Crippen molar-refractivity contribution in [2.24, 2.45) is 5.10 Å². The van der Waals surface area contributed by atoms with Crippen LogP contribution in [-0.4, -0.2) is 20.5 Å². The van der Waals surface area contributed by atoms with E-state index in [0.717, 1.165) is 10.8 Å². The Morgan fingerprint density at radius 2 is 1.56 bits per heavy atom. The molecule has 0 heterocycles. The van der Waals surface area contributed by atoms with Crippen LogP contribution in [0.3, 0.4) is 0 Å². The molecular weight excluding hydrogens is 492 g/mol. The van der Waals surface area contributed by atoms with Gasteiger partial charge in [-0.2, -0.15) is 13.5 Å². The van der Waals surface area contributed by atoms with Crippen LogP contribution in [0.1, 0.15) is 15.9 Å². The number of rotatable bonds is 6. The maximum Gasteiger partial charge on any atom is 0.339 e. The third-order valence-corrected chi connectivity index (χ3v) is 6.54. The Morgan fingerprint density at radius 1 is 0.875 bits per heavy atom. The normalized spacial score (nSPS) is 11.5. The summed E-state index contributed by atoms with van der Waals surface area (Å²) >= 11 is 3.32. The van der Waals surface area contributed by atoms with E-state index in [2.05, 4.69) is 26.5 Å². The van der Waals surface area contributed by atoms with Gasteiger partial charge in [-0.1, -0.05) is 54.6 Å². The summed E-state index contributed by atoms with van der Waals surface area (Å²) in [4.78, 5) is 12.3. The molecule has 0 atom stereocenters. The average Bonchev–Trinajstić information content (AvgIpc) is 2.80. The minimum absolute atomic E-state index is 0.0465. The predicted molar refractivity (Wildman–Crippen MR) is 127 cm³/mol. The molecule has 4 aromatic carbocycles. The van der Waals surface area contributed by atoms with Gasteiger partial charge in [0.05, 0.1) is 11.8 Å². The van der Waals surface area contributed by atoms with Crippen LogP contribution in [0.15, 0.2) is 105 Å². The second-order valence-corrected chi connectivity index (χ2v) is 9.16. The zero-order valence-electron chi connectivity index (χ0n) is 16.6. The molecule has 32 heavy (non-hydrogen) atoms. The molecule has 6 nitrogen and oxygen atoms in total. The van der Waals surface area contributed by atoms with Gasteiger partial charge in [-0.05, 0) is 63.1 Å². The van der Waals surface area contributed by atoms with Crippen molar-refractivity contribution >= 4 is 48.9 Å². The highest BCUT2D eigenvalue weighted by molar-refractivity contribution is 9.10. The monoisotopic (exact) mass is 508 g/mol. The quantitative estimate of drug-likeness (QED) is 0.222. The number of nitrogens with zero attached hydrogens (tertiary/aromatic N) is 1. The summed E-state index contributed by atoms with van der Waals surface area (Å²) < 4.78 is 31.7. The number of nitrogens with one attached hydrogen (secondary N) is 1. The van der Waals surface area contributed by atoms with Gasteiger partial charge in [0, 0.05) is 10.0 Å². The van der Waals surface area contributed by atoms with Gasteiger partial charge in [-0.15, -0.1) is 0 Å². The lowest BCUT2D eigenvalue weighted by atomic mass is 10.1. The lowest BCUT2D eigenvalue weighted by Gasteiger charge is -2.10. The number of hydrazone groups is 1. The van der Waals surface area contributed by atoms with Crippen LogP contribution in [0.4, 0.5) is 0 Å². The molecule has 160 valence electrons. The number of para-hydroxylation sites is 1. The highest BCUT2D eigenvalue weighted by Gasteiger charge is 2.18. The highest BCUT2D eigenvalue weighted by atomic mass is 79.9. The molecule has 0 fully saturated rings. The Bertz CT molecular complexity index is 1430. The van der Waals surface area contributed by atoms with Crippen LogP contribution in [0.5, 0.6) is 5.75 Å². The first-order valence-electron chi connectivity index (χ1n) is 9.54. The van der Waals surface area contributed by atoms with Crippen LogP contribution in [-0.2, 0) is 10.1 Å². The number of carbonyl (C=O) groups excluding carboxylic acids is 1. The van der Waals surface area contributed by atoms with Gasteiger partial charge >= 0.3 is 10.1 Å². The Balaban J connectivity index is 1.54. The Hall–Kier alpha value is -3.49. The molecule has 0 bridgehead atoms.